The van der Waals surface area contributed by atoms with Crippen molar-refractivity contribution >= 4 is 5.91 Å². The van der Waals surface area contributed by atoms with Crippen molar-refractivity contribution in [2.75, 3.05) is 26.3 Å². The first-order chi connectivity index (χ1) is 10.4. The van der Waals surface area contributed by atoms with Crippen molar-refractivity contribution in [1.82, 2.24) is 9.88 Å². The van der Waals surface area contributed by atoms with Crippen molar-refractivity contribution in [3.8, 4) is 5.88 Å². The van der Waals surface area contributed by atoms with Crippen LogP contribution in [0.5, 0.6) is 5.88 Å². The van der Waals surface area contributed by atoms with Gasteiger partial charge >= 0.3 is 0 Å². The van der Waals surface area contributed by atoms with Crippen LogP contribution in [-0.2, 0) is 0 Å². The number of aliphatic hydroxyl groups excluding tert-OH is 1. The second-order valence-corrected chi connectivity index (χ2v) is 5.89. The highest BCUT2D eigenvalue weighted by Gasteiger charge is 2.32. The molecule has 1 atom stereocenters. The third-order valence-electron chi connectivity index (χ3n) is 3.79. The van der Waals surface area contributed by atoms with Gasteiger partial charge in [0.15, 0.2) is 6.61 Å². The summed E-state index contributed by atoms with van der Waals surface area (Å²) in [6.07, 6.45) is 0.485. The Balaban J connectivity index is 2.00. The Labute approximate surface area is 127 Å². The number of carbonyl (C=O) groups excluding carboxylic acids is 1. The number of hydrogen-bond donors (Lipinski definition) is 1. The molecule has 7 heteroatoms. The van der Waals surface area contributed by atoms with Gasteiger partial charge in [-0.25, -0.2) is 13.8 Å². The average molecular weight is 314 g/mol. The molecule has 1 aliphatic rings. The fraction of sp³-hybridized carbons (Fsp3) is 0.600. The fourth-order valence-corrected chi connectivity index (χ4v) is 2.54. The molecule has 1 amide bonds. The molecular weight excluding hydrogens is 294 g/mol. The minimum Gasteiger partial charge on any atom is -0.472 e. The highest BCUT2D eigenvalue weighted by molar-refractivity contribution is 5.94. The summed E-state index contributed by atoms with van der Waals surface area (Å²) in [6, 6.07) is 2.92. The van der Waals surface area contributed by atoms with E-state index in [2.05, 4.69) is 4.98 Å². The molecule has 1 aromatic heterocycles. The monoisotopic (exact) mass is 314 g/mol. The summed E-state index contributed by atoms with van der Waals surface area (Å²) in [5.74, 6) is -0.108. The van der Waals surface area contributed by atoms with E-state index < -0.39 is 13.0 Å². The lowest BCUT2D eigenvalue weighted by Crippen LogP contribution is -2.46. The maximum absolute atomic E-state index is 12.4. The zero-order valence-corrected chi connectivity index (χ0v) is 12.5. The molecule has 1 unspecified atom stereocenters. The van der Waals surface area contributed by atoms with E-state index in [-0.39, 0.29) is 23.8 Å². The second-order valence-electron chi connectivity index (χ2n) is 5.89. The summed E-state index contributed by atoms with van der Waals surface area (Å²) in [6.45, 7) is 2.40. The van der Waals surface area contributed by atoms with Gasteiger partial charge in [0.1, 0.15) is 0 Å². The Morgan fingerprint density at radius 3 is 2.91 bits per heavy atom. The molecule has 0 bridgehead atoms. The van der Waals surface area contributed by atoms with Crippen LogP contribution >= 0.6 is 0 Å². The van der Waals surface area contributed by atoms with Crippen LogP contribution in [0.3, 0.4) is 0 Å². The number of carbonyl (C=O) groups is 1. The first kappa shape index (κ1) is 16.6. The molecule has 0 radical (unpaired) electrons. The van der Waals surface area contributed by atoms with E-state index in [0.29, 0.717) is 18.7 Å². The summed E-state index contributed by atoms with van der Waals surface area (Å²) in [5, 5.41) is 9.43. The number of rotatable bonds is 5. The van der Waals surface area contributed by atoms with Crippen LogP contribution in [0.1, 0.15) is 30.1 Å². The zero-order valence-electron chi connectivity index (χ0n) is 12.5. The van der Waals surface area contributed by atoms with Crippen LogP contribution in [0.25, 0.3) is 0 Å². The zero-order chi connectivity index (χ0) is 16.2. The maximum Gasteiger partial charge on any atom is 0.272 e. The van der Waals surface area contributed by atoms with Gasteiger partial charge in [-0.3, -0.25) is 4.79 Å². The highest BCUT2D eigenvalue weighted by Crippen LogP contribution is 2.29. The number of pyridine rings is 1. The number of alkyl halides is 2. The van der Waals surface area contributed by atoms with Crippen LogP contribution in [0, 0.1) is 5.41 Å². The molecular formula is C15H20F2N2O3. The number of ether oxygens (including phenoxy) is 1. The molecule has 0 spiro atoms. The van der Waals surface area contributed by atoms with Gasteiger partial charge in [0.05, 0.1) is 12.2 Å². The van der Waals surface area contributed by atoms with E-state index in [9.17, 15) is 18.7 Å². The Morgan fingerprint density at radius 2 is 2.32 bits per heavy atom. The van der Waals surface area contributed by atoms with Gasteiger partial charge in [-0.05, 0) is 18.9 Å². The van der Waals surface area contributed by atoms with Crippen molar-refractivity contribution in [2.45, 2.75) is 26.2 Å². The van der Waals surface area contributed by atoms with Crippen LogP contribution in [-0.4, -0.2) is 53.6 Å². The standard InChI is InChI=1S/C15H20F2N2O3/c1-15(10-20)5-2-6-19(9-15)14(21)11-3-4-13(18-7-11)22-8-12(16)17/h3-4,7,12,20H,2,5-6,8-10H2,1H3. The van der Waals surface area contributed by atoms with Crippen LogP contribution in [0.4, 0.5) is 8.78 Å². The SMILES string of the molecule is CC1(CO)CCCN(C(=O)c2ccc(OCC(F)F)nc2)C1. The number of aliphatic hydroxyl groups is 1. The van der Waals surface area contributed by atoms with Crippen molar-refractivity contribution < 1.29 is 23.4 Å². The maximum atomic E-state index is 12.4. The van der Waals surface area contributed by atoms with Crippen molar-refractivity contribution in [3.05, 3.63) is 23.9 Å². The minimum atomic E-state index is -2.56. The second kappa shape index (κ2) is 7.00. The number of likely N-dealkylation sites (tertiary alicyclic amines) is 1. The van der Waals surface area contributed by atoms with Gasteiger partial charge < -0.3 is 14.7 Å². The first-order valence-corrected chi connectivity index (χ1v) is 7.21. The van der Waals surface area contributed by atoms with Gasteiger partial charge in [0.2, 0.25) is 5.88 Å². The predicted molar refractivity (Wildman–Crippen MR) is 76.1 cm³/mol. The first-order valence-electron chi connectivity index (χ1n) is 7.21. The van der Waals surface area contributed by atoms with Crippen molar-refractivity contribution in [3.63, 3.8) is 0 Å². The summed E-state index contributed by atoms with van der Waals surface area (Å²) in [7, 11) is 0. The lowest BCUT2D eigenvalue weighted by Gasteiger charge is -2.39. The topological polar surface area (TPSA) is 62.7 Å². The molecule has 22 heavy (non-hydrogen) atoms. The van der Waals surface area contributed by atoms with Crippen molar-refractivity contribution in [2.24, 2.45) is 5.41 Å². The third kappa shape index (κ3) is 4.13. The molecule has 1 saturated heterocycles. The predicted octanol–water partition coefficient (Wildman–Crippen LogP) is 1.96. The molecule has 1 aromatic rings. The molecule has 2 rings (SSSR count). The molecule has 2 heterocycles. The van der Waals surface area contributed by atoms with E-state index in [4.69, 9.17) is 4.74 Å². The third-order valence-corrected chi connectivity index (χ3v) is 3.79. The molecule has 1 fully saturated rings. The summed E-state index contributed by atoms with van der Waals surface area (Å²) < 4.78 is 28.9. The lowest BCUT2D eigenvalue weighted by molar-refractivity contribution is 0.0357. The Hall–Kier alpha value is -1.76. The number of piperidine rings is 1. The van der Waals surface area contributed by atoms with E-state index in [0.717, 1.165) is 12.8 Å². The van der Waals surface area contributed by atoms with E-state index >= 15 is 0 Å². The Morgan fingerprint density at radius 1 is 1.55 bits per heavy atom. The molecule has 5 nitrogen and oxygen atoms in total. The van der Waals surface area contributed by atoms with E-state index in [1.165, 1.54) is 18.3 Å². The summed E-state index contributed by atoms with van der Waals surface area (Å²) in [4.78, 5) is 18.0. The average Bonchev–Trinajstić information content (AvgIpc) is 2.53. The molecule has 0 aromatic carbocycles. The smallest absolute Gasteiger partial charge is 0.272 e. The summed E-state index contributed by atoms with van der Waals surface area (Å²) >= 11 is 0. The van der Waals surface area contributed by atoms with Crippen LogP contribution in [0.2, 0.25) is 0 Å². The van der Waals surface area contributed by atoms with E-state index in [1.54, 1.807) is 4.90 Å². The number of amides is 1. The molecule has 0 aliphatic carbocycles. The fourth-order valence-electron chi connectivity index (χ4n) is 2.54. The Bertz CT molecular complexity index is 510. The van der Waals surface area contributed by atoms with Crippen LogP contribution in [0.15, 0.2) is 18.3 Å². The quantitative estimate of drug-likeness (QED) is 0.902. The number of hydrogen-bond acceptors (Lipinski definition) is 4. The minimum absolute atomic E-state index is 0.0371. The largest absolute Gasteiger partial charge is 0.472 e. The highest BCUT2D eigenvalue weighted by atomic mass is 19.3. The summed E-state index contributed by atoms with van der Waals surface area (Å²) in [5.41, 5.74) is 0.105. The van der Waals surface area contributed by atoms with Gasteiger partial charge in [-0.15, -0.1) is 0 Å². The van der Waals surface area contributed by atoms with Crippen molar-refractivity contribution in [1.29, 1.82) is 0 Å². The van der Waals surface area contributed by atoms with Crippen LogP contribution < -0.4 is 4.74 Å². The number of halogens is 2. The lowest BCUT2D eigenvalue weighted by atomic mass is 9.82. The van der Waals surface area contributed by atoms with Gasteiger partial charge in [-0.2, -0.15) is 0 Å². The molecule has 1 N–H and O–H groups in total. The number of aromatic nitrogens is 1. The van der Waals surface area contributed by atoms with E-state index in [1.807, 2.05) is 6.92 Å². The molecule has 0 saturated carbocycles. The normalized spacial score (nSPS) is 22.0. The van der Waals surface area contributed by atoms with Gasteiger partial charge in [0, 0.05) is 30.8 Å². The molecule has 122 valence electrons. The van der Waals surface area contributed by atoms with Gasteiger partial charge in [-0.1, -0.05) is 6.92 Å². The number of nitrogens with zero attached hydrogens (tertiary/aromatic N) is 2. The Kier molecular flexibility index (Phi) is 5.28. The van der Waals surface area contributed by atoms with Gasteiger partial charge in [0.25, 0.3) is 12.3 Å². The molecule has 1 aliphatic heterocycles.